The summed E-state index contributed by atoms with van der Waals surface area (Å²) in [6, 6.07) is 0. The molecule has 0 aliphatic heterocycles. The number of rotatable bonds is 3. The van der Waals surface area contributed by atoms with Gasteiger partial charge in [0, 0.05) is 19.8 Å². The van der Waals surface area contributed by atoms with Gasteiger partial charge in [0.05, 0.1) is 12.3 Å². The van der Waals surface area contributed by atoms with E-state index in [1.165, 1.54) is 13.8 Å². The van der Waals surface area contributed by atoms with Crippen LogP contribution in [0.25, 0.3) is 0 Å². The Morgan fingerprint density at radius 1 is 1.31 bits per heavy atom. The van der Waals surface area contributed by atoms with Gasteiger partial charge in [0.1, 0.15) is 0 Å². The van der Waals surface area contributed by atoms with Crippen LogP contribution in [0.5, 0.6) is 0 Å². The maximum Gasteiger partial charge on any atom is 0.331 e. The molecule has 0 amide bonds. The summed E-state index contributed by atoms with van der Waals surface area (Å²) in [4.78, 5) is 26.0. The number of hydrogen-bond acceptors (Lipinski definition) is 5. The molecule has 1 saturated carbocycles. The Kier molecular flexibility index (Phi) is 4.95. The zero-order chi connectivity index (χ0) is 12.0. The molecule has 0 heterocycles. The molecule has 0 aromatic rings. The fourth-order valence-corrected chi connectivity index (χ4v) is 1.71. The second-order valence-corrected chi connectivity index (χ2v) is 3.91. The van der Waals surface area contributed by atoms with Gasteiger partial charge in [0.15, 0.2) is 0 Å². The molecule has 0 bridgehead atoms. The van der Waals surface area contributed by atoms with Crippen molar-refractivity contribution in [3.63, 3.8) is 0 Å². The molecule has 5 heteroatoms. The number of nitrogens with zero attached hydrogens (tertiary/aromatic N) is 1. The molecule has 0 aromatic carbocycles. The molecule has 1 aliphatic carbocycles. The van der Waals surface area contributed by atoms with E-state index in [1.54, 1.807) is 0 Å². The first-order chi connectivity index (χ1) is 7.59. The Bertz CT molecular complexity index is 298. The Labute approximate surface area is 94.8 Å². The highest BCUT2D eigenvalue weighted by Gasteiger charge is 2.22. The molecule has 0 spiro atoms. The van der Waals surface area contributed by atoms with E-state index in [0.717, 1.165) is 31.4 Å². The van der Waals surface area contributed by atoms with Crippen LogP contribution >= 0.6 is 0 Å². The summed E-state index contributed by atoms with van der Waals surface area (Å²) in [5.74, 6) is -0.626. The van der Waals surface area contributed by atoms with Crippen LogP contribution in [0.15, 0.2) is 5.16 Å². The predicted octanol–water partition coefficient (Wildman–Crippen LogP) is 1.66. The van der Waals surface area contributed by atoms with Crippen molar-refractivity contribution >= 4 is 17.7 Å². The number of ether oxygens (including phenoxy) is 1. The lowest BCUT2D eigenvalue weighted by Crippen LogP contribution is -2.25. The monoisotopic (exact) mass is 227 g/mol. The molecule has 0 saturated heterocycles. The average molecular weight is 227 g/mol. The van der Waals surface area contributed by atoms with Crippen molar-refractivity contribution in [2.45, 2.75) is 39.5 Å². The quantitative estimate of drug-likeness (QED) is 0.418. The van der Waals surface area contributed by atoms with E-state index in [-0.39, 0.29) is 11.9 Å². The van der Waals surface area contributed by atoms with Gasteiger partial charge >= 0.3 is 11.9 Å². The molecule has 0 aromatic heterocycles. The third-order valence-corrected chi connectivity index (χ3v) is 2.49. The van der Waals surface area contributed by atoms with Crippen molar-refractivity contribution in [1.82, 2.24) is 0 Å². The van der Waals surface area contributed by atoms with Gasteiger partial charge in [0.2, 0.25) is 0 Å². The second kappa shape index (κ2) is 6.25. The molecular weight excluding hydrogens is 210 g/mol. The zero-order valence-corrected chi connectivity index (χ0v) is 9.69. The van der Waals surface area contributed by atoms with E-state index in [1.807, 2.05) is 0 Å². The fraction of sp³-hybridized carbons (Fsp3) is 0.727. The molecule has 5 nitrogen and oxygen atoms in total. The first-order valence-corrected chi connectivity index (χ1v) is 5.47. The summed E-state index contributed by atoms with van der Waals surface area (Å²) in [5, 5.41) is 3.82. The van der Waals surface area contributed by atoms with Gasteiger partial charge in [-0.1, -0.05) is 11.6 Å². The number of esters is 1. The Hall–Kier alpha value is -1.39. The minimum atomic E-state index is -0.427. The van der Waals surface area contributed by atoms with Crippen LogP contribution < -0.4 is 0 Å². The largest absolute Gasteiger partial charge is 0.465 e. The predicted molar refractivity (Wildman–Crippen MR) is 57.8 cm³/mol. The van der Waals surface area contributed by atoms with Crippen molar-refractivity contribution < 1.29 is 19.2 Å². The van der Waals surface area contributed by atoms with Crippen molar-refractivity contribution in [1.29, 1.82) is 0 Å². The molecular formula is C11H17NO4. The molecule has 1 fully saturated rings. The lowest BCUT2D eigenvalue weighted by molar-refractivity contribution is -0.143. The number of carbonyl (C=O) groups excluding carboxylic acids is 2. The molecule has 1 unspecified atom stereocenters. The zero-order valence-electron chi connectivity index (χ0n) is 9.69. The number of carbonyl (C=O) groups is 2. The minimum absolute atomic E-state index is 0.0944. The van der Waals surface area contributed by atoms with Crippen LogP contribution in [0.1, 0.15) is 39.5 Å². The van der Waals surface area contributed by atoms with E-state index in [9.17, 15) is 9.59 Å². The summed E-state index contributed by atoms with van der Waals surface area (Å²) in [5.41, 5.74) is 0.822. The van der Waals surface area contributed by atoms with Gasteiger partial charge in [-0.05, 0) is 19.3 Å². The average Bonchev–Trinajstić information content (AvgIpc) is 2.24. The first-order valence-electron chi connectivity index (χ1n) is 5.47. The van der Waals surface area contributed by atoms with Crippen LogP contribution in [0.2, 0.25) is 0 Å². The van der Waals surface area contributed by atoms with E-state index in [2.05, 4.69) is 9.99 Å². The van der Waals surface area contributed by atoms with Gasteiger partial charge in [-0.25, -0.2) is 4.79 Å². The van der Waals surface area contributed by atoms with Crippen molar-refractivity contribution in [3.05, 3.63) is 0 Å². The lowest BCUT2D eigenvalue weighted by atomic mass is 9.88. The first kappa shape index (κ1) is 12.7. The Morgan fingerprint density at radius 2 is 2.06 bits per heavy atom. The topological polar surface area (TPSA) is 65.0 Å². The van der Waals surface area contributed by atoms with Crippen LogP contribution in [0.4, 0.5) is 0 Å². The van der Waals surface area contributed by atoms with Crippen molar-refractivity contribution in [2.75, 3.05) is 6.61 Å². The van der Waals surface area contributed by atoms with Crippen LogP contribution in [0, 0.1) is 5.92 Å². The minimum Gasteiger partial charge on any atom is -0.465 e. The molecule has 1 atom stereocenters. The van der Waals surface area contributed by atoms with Crippen molar-refractivity contribution in [3.8, 4) is 0 Å². The maximum atomic E-state index is 10.7. The van der Waals surface area contributed by atoms with Gasteiger partial charge in [-0.2, -0.15) is 0 Å². The summed E-state index contributed by atoms with van der Waals surface area (Å²) in [6.45, 7) is 3.02. The van der Waals surface area contributed by atoms with E-state index in [0.29, 0.717) is 6.61 Å². The van der Waals surface area contributed by atoms with Gasteiger partial charge in [-0.3, -0.25) is 4.79 Å². The highest BCUT2D eigenvalue weighted by molar-refractivity contribution is 5.87. The molecule has 1 aliphatic rings. The van der Waals surface area contributed by atoms with Gasteiger partial charge in [-0.15, -0.1) is 0 Å². The molecule has 90 valence electrons. The standard InChI is InChI=1S/C11H17NO4/c1-8(13)15-7-10-5-3-4-6-11(10)12-16-9(2)14/h10H,3-7H2,1-2H3/b12-11+. The highest BCUT2D eigenvalue weighted by atomic mass is 16.7. The summed E-state index contributed by atoms with van der Waals surface area (Å²) in [6.07, 6.45) is 3.86. The normalized spacial score (nSPS) is 22.9. The number of hydrogen-bond donors (Lipinski definition) is 0. The smallest absolute Gasteiger partial charge is 0.331 e. The maximum absolute atomic E-state index is 10.7. The fourth-order valence-electron chi connectivity index (χ4n) is 1.71. The van der Waals surface area contributed by atoms with E-state index in [4.69, 9.17) is 4.74 Å². The molecule has 0 radical (unpaired) electrons. The number of oxime groups is 1. The third-order valence-electron chi connectivity index (χ3n) is 2.49. The molecule has 0 N–H and O–H groups in total. The molecule has 16 heavy (non-hydrogen) atoms. The SMILES string of the molecule is CC(=O)OCC1CCCC/C1=N\OC(C)=O. The van der Waals surface area contributed by atoms with Crippen LogP contribution in [-0.4, -0.2) is 24.3 Å². The molecule has 1 rings (SSSR count). The van der Waals surface area contributed by atoms with Crippen LogP contribution in [-0.2, 0) is 19.2 Å². The van der Waals surface area contributed by atoms with Gasteiger partial charge in [0.25, 0.3) is 0 Å². The second-order valence-electron chi connectivity index (χ2n) is 3.91. The Balaban J connectivity index is 2.52. The van der Waals surface area contributed by atoms with Crippen molar-refractivity contribution in [2.24, 2.45) is 11.1 Å². The summed E-state index contributed by atoms with van der Waals surface area (Å²) >= 11 is 0. The third kappa shape index (κ3) is 4.42. The summed E-state index contributed by atoms with van der Waals surface area (Å²) < 4.78 is 4.96. The van der Waals surface area contributed by atoms with Crippen LogP contribution in [0.3, 0.4) is 0 Å². The van der Waals surface area contributed by atoms with Gasteiger partial charge < -0.3 is 9.57 Å². The Morgan fingerprint density at radius 3 is 2.69 bits per heavy atom. The lowest BCUT2D eigenvalue weighted by Gasteiger charge is -2.22. The van der Waals surface area contributed by atoms with E-state index < -0.39 is 5.97 Å². The van der Waals surface area contributed by atoms with E-state index >= 15 is 0 Å². The summed E-state index contributed by atoms with van der Waals surface area (Å²) in [7, 11) is 0. The highest BCUT2D eigenvalue weighted by Crippen LogP contribution is 2.22.